The fraction of sp³-hybridized carbons (Fsp3) is 0.562. The standard InChI is InChI=1S/C16H18N4O3S/c21-15(10-2-4-19-23-10)18-7-12-20-14-9-1-3-16(5-9,22-12)13(14)11-6-17-8-24-11/h1-4,8-9,11-14,20H,5-7H2,(H,18,21). The van der Waals surface area contributed by atoms with Crippen LogP contribution in [0.3, 0.4) is 0 Å². The van der Waals surface area contributed by atoms with Crippen LogP contribution in [0.15, 0.2) is 33.9 Å². The number of rotatable bonds is 4. The molecule has 1 amide bonds. The van der Waals surface area contributed by atoms with Crippen molar-refractivity contribution in [3.8, 4) is 0 Å². The van der Waals surface area contributed by atoms with Crippen molar-refractivity contribution in [3.63, 3.8) is 0 Å². The molecule has 6 atom stereocenters. The number of ether oxygens (including phenoxy) is 1. The van der Waals surface area contributed by atoms with E-state index in [1.165, 1.54) is 6.20 Å². The van der Waals surface area contributed by atoms with Gasteiger partial charge in [0.2, 0.25) is 5.76 Å². The molecule has 6 unspecified atom stereocenters. The third-order valence-corrected chi connectivity index (χ3v) is 6.50. The largest absolute Gasteiger partial charge is 0.351 e. The van der Waals surface area contributed by atoms with Crippen LogP contribution in [-0.2, 0) is 4.74 Å². The normalized spacial score (nSPS) is 41.9. The molecule has 1 aromatic rings. The number of carbonyl (C=O) groups is 1. The van der Waals surface area contributed by atoms with Crippen LogP contribution in [0.25, 0.3) is 0 Å². The molecule has 1 aromatic heterocycles. The van der Waals surface area contributed by atoms with E-state index in [0.29, 0.717) is 29.7 Å². The summed E-state index contributed by atoms with van der Waals surface area (Å²) in [5, 5.41) is 10.5. The number of aromatic nitrogens is 1. The number of nitrogens with one attached hydrogen (secondary N) is 2. The first-order valence-corrected chi connectivity index (χ1v) is 9.15. The molecule has 5 rings (SSSR count). The van der Waals surface area contributed by atoms with Crippen molar-refractivity contribution in [3.05, 3.63) is 30.2 Å². The maximum Gasteiger partial charge on any atom is 0.290 e. The van der Waals surface area contributed by atoms with Gasteiger partial charge in [0, 0.05) is 23.3 Å². The summed E-state index contributed by atoms with van der Waals surface area (Å²) in [6.07, 6.45) is 6.81. The zero-order valence-electron chi connectivity index (χ0n) is 12.9. The van der Waals surface area contributed by atoms with Crippen LogP contribution in [0.4, 0.5) is 0 Å². The molecule has 0 aromatic carbocycles. The van der Waals surface area contributed by atoms with Gasteiger partial charge in [0.15, 0.2) is 0 Å². The molecule has 8 heteroatoms. The van der Waals surface area contributed by atoms with Gasteiger partial charge in [0.1, 0.15) is 6.23 Å². The average Bonchev–Trinajstić information content (AvgIpc) is 3.33. The summed E-state index contributed by atoms with van der Waals surface area (Å²) in [5.74, 6) is 0.878. The zero-order chi connectivity index (χ0) is 16.1. The van der Waals surface area contributed by atoms with Gasteiger partial charge in [0.05, 0.1) is 30.4 Å². The lowest BCUT2D eigenvalue weighted by Gasteiger charge is -2.47. The van der Waals surface area contributed by atoms with Gasteiger partial charge in [0.25, 0.3) is 5.91 Å². The Morgan fingerprint density at radius 3 is 3.25 bits per heavy atom. The van der Waals surface area contributed by atoms with E-state index in [1.807, 2.05) is 17.3 Å². The maximum atomic E-state index is 12.0. The van der Waals surface area contributed by atoms with Gasteiger partial charge in [-0.3, -0.25) is 15.1 Å². The predicted molar refractivity (Wildman–Crippen MR) is 88.8 cm³/mol. The van der Waals surface area contributed by atoms with Gasteiger partial charge >= 0.3 is 0 Å². The number of fused-ring (bicyclic) bond motifs is 3. The van der Waals surface area contributed by atoms with Crippen molar-refractivity contribution >= 4 is 23.2 Å². The Morgan fingerprint density at radius 1 is 1.54 bits per heavy atom. The van der Waals surface area contributed by atoms with Gasteiger partial charge < -0.3 is 14.6 Å². The number of aliphatic imine (C=N–C) groups is 1. The highest BCUT2D eigenvalue weighted by Gasteiger charge is 2.62. The SMILES string of the molecule is O=C(NCC1NC2C3C=CC(C3)(O1)C2C1CN=CS1)c1ccno1. The summed E-state index contributed by atoms with van der Waals surface area (Å²) in [6, 6.07) is 1.93. The molecule has 1 saturated heterocycles. The van der Waals surface area contributed by atoms with Gasteiger partial charge in [-0.25, -0.2) is 0 Å². The van der Waals surface area contributed by atoms with Gasteiger partial charge in [-0.05, 0) is 12.3 Å². The van der Waals surface area contributed by atoms with E-state index in [2.05, 4.69) is 32.9 Å². The lowest BCUT2D eigenvalue weighted by Crippen LogP contribution is -2.63. The van der Waals surface area contributed by atoms with Crippen LogP contribution >= 0.6 is 11.8 Å². The number of hydrogen-bond donors (Lipinski definition) is 2. The molecule has 2 N–H and O–H groups in total. The fourth-order valence-corrected chi connectivity index (χ4v) is 5.59. The Hall–Kier alpha value is -1.64. The van der Waals surface area contributed by atoms with Crippen molar-refractivity contribution < 1.29 is 14.1 Å². The molecule has 1 spiro atoms. The van der Waals surface area contributed by atoms with Gasteiger partial charge in [-0.15, -0.1) is 11.8 Å². The minimum absolute atomic E-state index is 0.194. The van der Waals surface area contributed by atoms with Crippen LogP contribution in [0.2, 0.25) is 0 Å². The zero-order valence-corrected chi connectivity index (χ0v) is 13.7. The summed E-state index contributed by atoms with van der Waals surface area (Å²) < 4.78 is 11.3. The first-order chi connectivity index (χ1) is 11.8. The molecule has 0 radical (unpaired) electrons. The summed E-state index contributed by atoms with van der Waals surface area (Å²) in [5.41, 5.74) is 1.75. The van der Waals surface area contributed by atoms with E-state index in [-0.39, 0.29) is 23.5 Å². The fourth-order valence-electron chi connectivity index (χ4n) is 4.52. The molecule has 2 aliphatic heterocycles. The molecule has 7 nitrogen and oxygen atoms in total. The van der Waals surface area contributed by atoms with E-state index < -0.39 is 0 Å². The van der Waals surface area contributed by atoms with Crippen LogP contribution in [0.5, 0.6) is 0 Å². The lowest BCUT2D eigenvalue weighted by molar-refractivity contribution is -0.130. The van der Waals surface area contributed by atoms with Crippen LogP contribution < -0.4 is 10.6 Å². The minimum Gasteiger partial charge on any atom is -0.351 e. The van der Waals surface area contributed by atoms with Crippen LogP contribution in [0.1, 0.15) is 17.0 Å². The number of hydrogen-bond acceptors (Lipinski definition) is 7. The van der Waals surface area contributed by atoms with Crippen molar-refractivity contribution in [2.45, 2.75) is 29.5 Å². The Labute approximate surface area is 143 Å². The van der Waals surface area contributed by atoms with Crippen LogP contribution in [-0.4, -0.2) is 52.8 Å². The topological polar surface area (TPSA) is 88.8 Å². The quantitative estimate of drug-likeness (QED) is 0.784. The lowest BCUT2D eigenvalue weighted by atomic mass is 9.81. The molecular weight excluding hydrogens is 328 g/mol. The van der Waals surface area contributed by atoms with E-state index in [4.69, 9.17) is 9.26 Å². The third kappa shape index (κ3) is 2.17. The van der Waals surface area contributed by atoms with Crippen molar-refractivity contribution in [1.29, 1.82) is 0 Å². The van der Waals surface area contributed by atoms with Gasteiger partial charge in [-0.1, -0.05) is 17.3 Å². The number of nitrogens with zero attached hydrogens (tertiary/aromatic N) is 2. The second kappa shape index (κ2) is 5.44. The Morgan fingerprint density at radius 2 is 2.50 bits per heavy atom. The highest BCUT2D eigenvalue weighted by atomic mass is 32.2. The molecule has 2 aliphatic carbocycles. The molecule has 24 heavy (non-hydrogen) atoms. The molecule has 1 saturated carbocycles. The number of carbonyl (C=O) groups excluding carboxylic acids is 1. The summed E-state index contributed by atoms with van der Waals surface area (Å²) in [4.78, 5) is 16.4. The Balaban J connectivity index is 1.28. The highest BCUT2D eigenvalue weighted by molar-refractivity contribution is 8.12. The number of thioether (sulfide) groups is 1. The minimum atomic E-state index is -0.273. The molecule has 126 valence electrons. The van der Waals surface area contributed by atoms with Crippen molar-refractivity contribution in [2.24, 2.45) is 16.8 Å². The smallest absolute Gasteiger partial charge is 0.290 e. The second-order valence-corrected chi connectivity index (χ2v) is 7.83. The molecule has 2 fully saturated rings. The van der Waals surface area contributed by atoms with E-state index >= 15 is 0 Å². The number of amides is 1. The van der Waals surface area contributed by atoms with Crippen LogP contribution in [0, 0.1) is 11.8 Å². The summed E-state index contributed by atoms with van der Waals surface area (Å²) in [6.45, 7) is 1.27. The molecule has 3 heterocycles. The monoisotopic (exact) mass is 346 g/mol. The molecule has 3 bridgehead atoms. The Kier molecular flexibility index (Phi) is 3.33. The van der Waals surface area contributed by atoms with E-state index in [1.54, 1.807) is 6.07 Å². The molecule has 4 aliphatic rings. The summed E-state index contributed by atoms with van der Waals surface area (Å²) >= 11 is 1.81. The first kappa shape index (κ1) is 14.7. The third-order valence-electron chi connectivity index (χ3n) is 5.44. The van der Waals surface area contributed by atoms with E-state index in [0.717, 1.165) is 13.0 Å². The maximum absolute atomic E-state index is 12.0. The average molecular weight is 346 g/mol. The summed E-state index contributed by atoms with van der Waals surface area (Å²) in [7, 11) is 0. The molecular formula is C16H18N4O3S. The van der Waals surface area contributed by atoms with Crippen molar-refractivity contribution in [2.75, 3.05) is 13.1 Å². The van der Waals surface area contributed by atoms with Gasteiger partial charge in [-0.2, -0.15) is 0 Å². The first-order valence-electron chi connectivity index (χ1n) is 8.21. The second-order valence-electron chi connectivity index (χ2n) is 6.74. The van der Waals surface area contributed by atoms with E-state index in [9.17, 15) is 4.79 Å². The van der Waals surface area contributed by atoms with Crippen molar-refractivity contribution in [1.82, 2.24) is 15.8 Å². The highest BCUT2D eigenvalue weighted by Crippen LogP contribution is 2.55. The Bertz CT molecular complexity index is 698. The predicted octanol–water partition coefficient (Wildman–Crippen LogP) is 0.807.